The number of aliphatic hydroxyl groups excluding tert-OH is 2. The molecule has 23 heteroatoms. The van der Waals surface area contributed by atoms with Crippen LogP contribution in [0.15, 0.2) is 25.3 Å². The van der Waals surface area contributed by atoms with Crippen LogP contribution >= 0.6 is 5.69 Å². The first-order valence-electron chi connectivity index (χ1n) is 17.9. The van der Waals surface area contributed by atoms with Crippen LogP contribution in [0.1, 0.15) is 54.0 Å². The van der Waals surface area contributed by atoms with Crippen molar-refractivity contribution in [3.05, 3.63) is 25.3 Å². The van der Waals surface area contributed by atoms with E-state index >= 15 is 0 Å². The second kappa shape index (κ2) is 15.2. The zero-order valence-corrected chi connectivity index (χ0v) is 37.2. The quantitative estimate of drug-likeness (QED) is 0.0897. The fourth-order valence-electron chi connectivity index (χ4n) is 6.03. The first-order valence-corrected chi connectivity index (χ1v) is 27.4. The van der Waals surface area contributed by atoms with Crippen molar-refractivity contribution in [3.8, 4) is 0 Å². The second-order valence-electron chi connectivity index (χ2n) is 17.0. The molecule has 0 aliphatic carbocycles. The van der Waals surface area contributed by atoms with Crippen molar-refractivity contribution < 1.29 is 37.6 Å². The number of hydrogen-bond donors (Lipinski definition) is 4. The lowest BCUT2D eigenvalue weighted by atomic mass is 10.1. The zero-order valence-electron chi connectivity index (χ0n) is 32.7. The molecule has 0 saturated carbocycles. The molecule has 9 unspecified atom stereocenters. The fourth-order valence-corrected chi connectivity index (χ4v) is 10.5. The number of anilines is 2. The molecule has 0 radical (unpaired) electrons. The van der Waals surface area contributed by atoms with Gasteiger partial charge in [-0.1, -0.05) is 53.3 Å². The van der Waals surface area contributed by atoms with E-state index in [9.17, 15) is 10.2 Å². The summed E-state index contributed by atoms with van der Waals surface area (Å²) < 4.78 is 42.7. The van der Waals surface area contributed by atoms with E-state index in [2.05, 4.69) is 97.6 Å². The summed E-state index contributed by atoms with van der Waals surface area (Å²) in [6.07, 6.45) is -1.55. The van der Waals surface area contributed by atoms with Crippen molar-refractivity contribution in [2.45, 2.75) is 127 Å². The van der Waals surface area contributed by atoms with Crippen LogP contribution in [-0.2, 0) is 51.4 Å². The van der Waals surface area contributed by atoms with E-state index < -0.39 is 78.0 Å². The van der Waals surface area contributed by atoms with Gasteiger partial charge in [0.15, 0.2) is 52.0 Å². The molecule has 2 aliphatic rings. The number of aliphatic hydroxyl groups is 2. The van der Waals surface area contributed by atoms with E-state index in [1.807, 2.05) is 0 Å². The van der Waals surface area contributed by atoms with Gasteiger partial charge in [-0.05, 0) is 36.3 Å². The molecule has 304 valence electrons. The van der Waals surface area contributed by atoms with E-state index in [-0.39, 0.29) is 28.3 Å². The third-order valence-corrected chi connectivity index (χ3v) is 22.3. The standard InChI is InChI=1S/C32H53N10O8PS2Si2/c1-31(2,3)54(7,8)49-23-21(44)18(47-29(23)41-15-39-19-25(33)35-13-37-27(19)41)12-45-51(52,53)48-22-17(11-43)46-30(24(22)50-55(9,10)32(4,5)6)42-16-40-20-26(34)36-14-38-28(20)42/h13-18,21-24,29-30,43-44H,11-12H2,1-10H3,(H,52,53)(H2,33,35,37)(H2,34,36,38)/p-1. The molecule has 4 aromatic rings. The van der Waals surface area contributed by atoms with Gasteiger partial charge >= 0.3 is 0 Å². The van der Waals surface area contributed by atoms with Crippen molar-refractivity contribution in [2.75, 3.05) is 24.7 Å². The summed E-state index contributed by atoms with van der Waals surface area (Å²) in [6, 6.07) is 0. The normalized spacial score (nSPS) is 28.0. The van der Waals surface area contributed by atoms with E-state index in [0.29, 0.717) is 22.3 Å². The average Bonchev–Trinajstić information content (AvgIpc) is 3.84. The number of rotatable bonds is 12. The average molecular weight is 856 g/mol. The molecule has 0 amide bonds. The number of ether oxygens (including phenoxy) is 2. The Labute approximate surface area is 332 Å². The number of aromatic nitrogens is 8. The van der Waals surface area contributed by atoms with Crippen LogP contribution in [0, 0.1) is 0 Å². The number of fused-ring (bicyclic) bond motifs is 2. The maximum atomic E-state index is 11.8. The van der Waals surface area contributed by atoms with Crippen LogP contribution in [-0.4, -0.2) is 116 Å². The molecule has 18 nitrogen and oxygen atoms in total. The number of nitrogens with two attached hydrogens (primary N) is 2. The Morgan fingerprint density at radius 1 is 0.782 bits per heavy atom. The van der Waals surface area contributed by atoms with Crippen LogP contribution in [0.4, 0.5) is 11.6 Å². The summed E-state index contributed by atoms with van der Waals surface area (Å²) in [4.78, 5) is 25.7. The molecule has 55 heavy (non-hydrogen) atoms. The molecule has 0 spiro atoms. The van der Waals surface area contributed by atoms with Crippen LogP contribution in [0.3, 0.4) is 0 Å². The van der Waals surface area contributed by atoms with Gasteiger partial charge in [-0.25, -0.2) is 29.9 Å². The molecule has 6 heterocycles. The molecule has 2 fully saturated rings. The second-order valence-corrected chi connectivity index (χ2v) is 31.4. The largest absolute Gasteiger partial charge is 0.691 e. The number of hydrogen-bond acceptors (Lipinski definition) is 18. The van der Waals surface area contributed by atoms with E-state index in [1.54, 1.807) is 15.5 Å². The Balaban J connectivity index is 1.27. The van der Waals surface area contributed by atoms with Gasteiger partial charge in [0.25, 0.3) is 0 Å². The summed E-state index contributed by atoms with van der Waals surface area (Å²) in [7, 11) is -4.99. The lowest BCUT2D eigenvalue weighted by Gasteiger charge is -2.42. The Morgan fingerprint density at radius 2 is 1.24 bits per heavy atom. The molecule has 0 aromatic carbocycles. The smallest absolute Gasteiger partial charge is 0.192 e. The van der Waals surface area contributed by atoms with E-state index in [1.165, 1.54) is 19.0 Å². The van der Waals surface area contributed by atoms with Gasteiger partial charge in [0.2, 0.25) is 0 Å². The van der Waals surface area contributed by atoms with Crippen LogP contribution in [0.2, 0.25) is 36.3 Å². The van der Waals surface area contributed by atoms with Crippen molar-refractivity contribution in [3.63, 3.8) is 0 Å². The Morgan fingerprint density at radius 3 is 1.71 bits per heavy atom. The van der Waals surface area contributed by atoms with Crippen molar-refractivity contribution in [2.24, 2.45) is 0 Å². The van der Waals surface area contributed by atoms with Crippen LogP contribution in [0.5, 0.6) is 0 Å². The molecule has 0 bridgehead atoms. The van der Waals surface area contributed by atoms with Gasteiger partial charge in [0.05, 0.1) is 31.6 Å². The van der Waals surface area contributed by atoms with Crippen molar-refractivity contribution >= 4 is 80.3 Å². The molecule has 6 N–H and O–H groups in total. The highest BCUT2D eigenvalue weighted by Gasteiger charge is 2.54. The molecule has 2 aliphatic heterocycles. The Kier molecular flexibility index (Phi) is 11.7. The first kappa shape index (κ1) is 42.4. The number of imidazole rings is 2. The topological polar surface area (TPSA) is 235 Å². The van der Waals surface area contributed by atoms with Gasteiger partial charge in [-0.3, -0.25) is 9.13 Å². The minimum Gasteiger partial charge on any atom is -0.691 e. The van der Waals surface area contributed by atoms with Gasteiger partial charge in [-0.15, -0.1) is 0 Å². The predicted octanol–water partition coefficient (Wildman–Crippen LogP) is 3.93. The molecule has 9 atom stereocenters. The summed E-state index contributed by atoms with van der Waals surface area (Å²) in [5.41, 5.74) is 10.2. The molecule has 6 rings (SSSR count). The third-order valence-electron chi connectivity index (χ3n) is 11.2. The van der Waals surface area contributed by atoms with E-state index in [4.69, 9.17) is 62.9 Å². The Bertz CT molecular complexity index is 2060. The van der Waals surface area contributed by atoms with Crippen molar-refractivity contribution in [1.29, 1.82) is 0 Å². The molecular weight excluding hydrogens is 804 g/mol. The zero-order chi connectivity index (χ0) is 40.5. The first-order chi connectivity index (χ1) is 25.5. The lowest BCUT2D eigenvalue weighted by Crippen LogP contribution is -2.49. The SMILES string of the molecule is CC(C)(C)[Si](C)(C)OC1C(O)C(COP(=S)([S-])OC2C(CO)OC(n3cnc4c(N)ncnc43)C2O[Si](C)(C)C(C)(C)C)OC1n1cnc2c(N)ncnc21. The maximum Gasteiger partial charge on any atom is 0.192 e. The summed E-state index contributed by atoms with van der Waals surface area (Å²) in [5.74, 6) is 0.417. The molecule has 4 aromatic heterocycles. The van der Waals surface area contributed by atoms with Crippen LogP contribution < -0.4 is 11.5 Å². The fraction of sp³-hybridized carbons (Fsp3) is 0.688. The van der Waals surface area contributed by atoms with Gasteiger partial charge in [0, 0.05) is 0 Å². The number of nitrogens with zero attached hydrogens (tertiary/aromatic N) is 8. The third kappa shape index (κ3) is 8.25. The Hall–Kier alpha value is -2.19. The predicted molar refractivity (Wildman–Crippen MR) is 217 cm³/mol. The monoisotopic (exact) mass is 855 g/mol. The van der Waals surface area contributed by atoms with Crippen LogP contribution in [0.25, 0.3) is 22.3 Å². The van der Waals surface area contributed by atoms with Gasteiger partial charge in [0.1, 0.15) is 60.3 Å². The van der Waals surface area contributed by atoms with Gasteiger partial charge < -0.3 is 61.3 Å². The maximum absolute atomic E-state index is 11.8. The molecular formula is C32H52N10O8PS2Si2-. The number of nitrogen functional groups attached to an aromatic ring is 2. The van der Waals surface area contributed by atoms with Crippen molar-refractivity contribution in [1.82, 2.24) is 39.0 Å². The summed E-state index contributed by atoms with van der Waals surface area (Å²) in [5, 5.41) is 22.1. The highest BCUT2D eigenvalue weighted by Crippen LogP contribution is 2.53. The lowest BCUT2D eigenvalue weighted by molar-refractivity contribution is -0.0510. The molecule has 2 saturated heterocycles. The minimum absolute atomic E-state index is 0.179. The van der Waals surface area contributed by atoms with Gasteiger partial charge in [-0.2, -0.15) is 0 Å². The van der Waals surface area contributed by atoms with E-state index in [0.717, 1.165) is 0 Å². The summed E-state index contributed by atoms with van der Waals surface area (Å²) >= 11 is 11.7. The highest BCUT2D eigenvalue weighted by molar-refractivity contribution is 8.51. The minimum atomic E-state index is -3.58. The highest BCUT2D eigenvalue weighted by atomic mass is 32.9. The summed E-state index contributed by atoms with van der Waals surface area (Å²) in [6.45, 7) is 20.4.